The van der Waals surface area contributed by atoms with Gasteiger partial charge in [0, 0.05) is 5.69 Å². The number of hydrogen-bond donors (Lipinski definition) is 3. The summed E-state index contributed by atoms with van der Waals surface area (Å²) in [6.07, 6.45) is 1.74. The van der Waals surface area contributed by atoms with E-state index in [1.165, 1.54) is 6.20 Å². The molecule has 4 rings (SSSR count). The van der Waals surface area contributed by atoms with Crippen molar-refractivity contribution >= 4 is 46.1 Å². The molecule has 1 aromatic heterocycles. The molecule has 1 heterocycles. The Morgan fingerprint density at radius 3 is 2.55 bits per heavy atom. The Morgan fingerprint density at radius 1 is 1.09 bits per heavy atom. The number of anilines is 1. The fourth-order valence-electron chi connectivity index (χ4n) is 3.29. The van der Waals surface area contributed by atoms with Gasteiger partial charge >= 0.3 is 0 Å². The lowest BCUT2D eigenvalue weighted by Crippen LogP contribution is -2.19. The number of primary amides is 1. The van der Waals surface area contributed by atoms with Crippen LogP contribution in [0.2, 0.25) is 0 Å². The van der Waals surface area contributed by atoms with Crippen molar-refractivity contribution in [2.75, 3.05) is 5.32 Å². The summed E-state index contributed by atoms with van der Waals surface area (Å²) in [5.74, 6) is -1.61. The summed E-state index contributed by atoms with van der Waals surface area (Å²) in [6, 6.07) is 17.4. The zero-order chi connectivity index (χ0) is 23.4. The smallest absolute Gasteiger partial charge is 0.260 e. The predicted molar refractivity (Wildman–Crippen MR) is 121 cm³/mol. The molecule has 10 heteroatoms. The average Bonchev–Trinajstić information content (AvgIpc) is 3.19. The van der Waals surface area contributed by atoms with Crippen molar-refractivity contribution in [3.8, 4) is 5.75 Å². The van der Waals surface area contributed by atoms with Crippen molar-refractivity contribution in [2.24, 2.45) is 16.0 Å². The first-order valence-electron chi connectivity index (χ1n) is 9.80. The summed E-state index contributed by atoms with van der Waals surface area (Å²) in [7, 11) is 0. The molecule has 0 fully saturated rings. The third-order valence-corrected chi connectivity index (χ3v) is 4.78. The number of benzene rings is 3. The van der Waals surface area contributed by atoms with Crippen molar-refractivity contribution in [1.82, 2.24) is 9.78 Å². The number of para-hydroxylation sites is 1. The van der Waals surface area contributed by atoms with Gasteiger partial charge in [-0.25, -0.2) is 4.68 Å². The fraction of sp³-hybridized carbons (Fsp3) is 0.0435. The number of carbonyl (C=O) groups excluding carboxylic acids is 3. The SMILES string of the molecule is NC(=O)Cn1ncc(C=O)c1/N=N/c1cc2ccccc2c(C(=O)Nc2ccccc2)c1O. The molecule has 10 nitrogen and oxygen atoms in total. The van der Waals surface area contributed by atoms with Crippen molar-refractivity contribution < 1.29 is 19.5 Å². The Kier molecular flexibility index (Phi) is 5.90. The maximum Gasteiger partial charge on any atom is 0.260 e. The third kappa shape index (κ3) is 4.44. The van der Waals surface area contributed by atoms with Crippen LogP contribution in [0.15, 0.2) is 77.1 Å². The van der Waals surface area contributed by atoms with E-state index in [2.05, 4.69) is 20.6 Å². The maximum absolute atomic E-state index is 13.1. The van der Waals surface area contributed by atoms with Crippen LogP contribution < -0.4 is 11.1 Å². The monoisotopic (exact) mass is 442 g/mol. The van der Waals surface area contributed by atoms with Gasteiger partial charge in [0.1, 0.15) is 12.2 Å². The van der Waals surface area contributed by atoms with Gasteiger partial charge in [-0.2, -0.15) is 5.10 Å². The van der Waals surface area contributed by atoms with Crippen LogP contribution in [0.3, 0.4) is 0 Å². The molecule has 0 saturated heterocycles. The number of nitrogens with two attached hydrogens (primary N) is 1. The summed E-state index contributed by atoms with van der Waals surface area (Å²) in [5, 5.41) is 26.8. The normalized spacial score (nSPS) is 11.0. The lowest BCUT2D eigenvalue weighted by Gasteiger charge is -2.12. The number of nitrogens with one attached hydrogen (secondary N) is 1. The van der Waals surface area contributed by atoms with Crippen LogP contribution in [-0.4, -0.2) is 33.0 Å². The molecular weight excluding hydrogens is 424 g/mol. The van der Waals surface area contributed by atoms with Crippen LogP contribution in [0.1, 0.15) is 20.7 Å². The molecule has 0 saturated carbocycles. The Balaban J connectivity index is 1.79. The number of aromatic hydroxyl groups is 1. The van der Waals surface area contributed by atoms with Crippen molar-refractivity contribution in [2.45, 2.75) is 6.54 Å². The minimum absolute atomic E-state index is 0.00409. The number of phenolic OH excluding ortho intramolecular Hbond substituents is 1. The Labute approximate surface area is 187 Å². The number of azo groups is 1. The van der Waals surface area contributed by atoms with Gasteiger partial charge in [0.05, 0.1) is 17.3 Å². The second-order valence-electron chi connectivity index (χ2n) is 7.03. The zero-order valence-corrected chi connectivity index (χ0v) is 17.2. The number of carbonyl (C=O) groups is 3. The molecule has 0 aliphatic carbocycles. The van der Waals surface area contributed by atoms with Crippen LogP contribution in [-0.2, 0) is 11.3 Å². The number of aromatic nitrogens is 2. The number of nitrogens with zero attached hydrogens (tertiary/aromatic N) is 4. The lowest BCUT2D eigenvalue weighted by molar-refractivity contribution is -0.118. The molecule has 0 bridgehead atoms. The molecule has 2 amide bonds. The topological polar surface area (TPSA) is 152 Å². The van der Waals surface area contributed by atoms with E-state index in [9.17, 15) is 19.5 Å². The van der Waals surface area contributed by atoms with Gasteiger partial charge in [-0.3, -0.25) is 14.4 Å². The number of amides is 2. The van der Waals surface area contributed by atoms with Gasteiger partial charge in [-0.15, -0.1) is 10.2 Å². The molecule has 0 radical (unpaired) electrons. The minimum Gasteiger partial charge on any atom is -0.505 e. The molecule has 0 unspecified atom stereocenters. The summed E-state index contributed by atoms with van der Waals surface area (Å²) in [4.78, 5) is 35.7. The highest BCUT2D eigenvalue weighted by Crippen LogP contribution is 2.38. The number of rotatable bonds is 7. The molecule has 0 aliphatic heterocycles. The summed E-state index contributed by atoms with van der Waals surface area (Å²) < 4.78 is 1.12. The highest BCUT2D eigenvalue weighted by Gasteiger charge is 2.20. The van der Waals surface area contributed by atoms with E-state index < -0.39 is 11.8 Å². The van der Waals surface area contributed by atoms with E-state index >= 15 is 0 Å². The highest BCUT2D eigenvalue weighted by molar-refractivity contribution is 6.16. The van der Waals surface area contributed by atoms with Gasteiger partial charge in [0.2, 0.25) is 5.91 Å². The minimum atomic E-state index is -0.680. The molecule has 3 aromatic carbocycles. The molecule has 164 valence electrons. The van der Waals surface area contributed by atoms with Crippen molar-refractivity contribution in [3.63, 3.8) is 0 Å². The Hall–Kier alpha value is -4.86. The van der Waals surface area contributed by atoms with Crippen LogP contribution in [0.25, 0.3) is 10.8 Å². The van der Waals surface area contributed by atoms with E-state index in [4.69, 9.17) is 5.73 Å². The number of phenols is 1. The van der Waals surface area contributed by atoms with E-state index in [1.807, 2.05) is 6.07 Å². The highest BCUT2D eigenvalue weighted by atomic mass is 16.3. The first-order valence-corrected chi connectivity index (χ1v) is 9.80. The van der Waals surface area contributed by atoms with Gasteiger partial charge < -0.3 is 16.2 Å². The predicted octanol–water partition coefficient (Wildman–Crippen LogP) is 3.71. The van der Waals surface area contributed by atoms with E-state index in [0.717, 1.165) is 4.68 Å². The molecule has 33 heavy (non-hydrogen) atoms. The second-order valence-corrected chi connectivity index (χ2v) is 7.03. The standard InChI is InChI=1S/C23H18N6O4/c24-19(31)12-29-22(15(13-30)11-25-29)28-27-18-10-14-6-4-5-9-17(14)20(21(18)32)23(33)26-16-7-2-1-3-8-16/h1-11,13,32H,12H2,(H2,24,31)(H,26,33)/b28-27+. The largest absolute Gasteiger partial charge is 0.505 e. The first kappa shape index (κ1) is 21.4. The van der Waals surface area contributed by atoms with Crippen molar-refractivity contribution in [3.05, 3.63) is 78.0 Å². The quantitative estimate of drug-likeness (QED) is 0.294. The molecule has 0 atom stereocenters. The Bertz CT molecular complexity index is 1400. The van der Waals surface area contributed by atoms with E-state index in [1.54, 1.807) is 54.6 Å². The van der Waals surface area contributed by atoms with Crippen LogP contribution >= 0.6 is 0 Å². The maximum atomic E-state index is 13.1. The van der Waals surface area contributed by atoms with Gasteiger partial charge in [0.15, 0.2) is 17.9 Å². The zero-order valence-electron chi connectivity index (χ0n) is 17.2. The second kappa shape index (κ2) is 9.10. The van der Waals surface area contributed by atoms with Crippen molar-refractivity contribution in [1.29, 1.82) is 0 Å². The van der Waals surface area contributed by atoms with Crippen LogP contribution in [0, 0.1) is 0 Å². The lowest BCUT2D eigenvalue weighted by atomic mass is 10.0. The molecular formula is C23H18N6O4. The first-order chi connectivity index (χ1) is 16.0. The molecule has 4 N–H and O–H groups in total. The van der Waals surface area contributed by atoms with Gasteiger partial charge in [-0.1, -0.05) is 42.5 Å². The average molecular weight is 442 g/mol. The Morgan fingerprint density at radius 2 is 1.82 bits per heavy atom. The van der Waals surface area contributed by atoms with Crippen LogP contribution in [0.4, 0.5) is 17.2 Å². The van der Waals surface area contributed by atoms with Gasteiger partial charge in [0.25, 0.3) is 5.91 Å². The fourth-order valence-corrected chi connectivity index (χ4v) is 3.29. The summed E-state index contributed by atoms with van der Waals surface area (Å²) in [6.45, 7) is -0.309. The van der Waals surface area contributed by atoms with Crippen LogP contribution in [0.5, 0.6) is 5.75 Å². The number of fused-ring (bicyclic) bond motifs is 1. The summed E-state index contributed by atoms with van der Waals surface area (Å²) >= 11 is 0. The van der Waals surface area contributed by atoms with Gasteiger partial charge in [-0.05, 0) is 29.0 Å². The molecule has 4 aromatic rings. The molecule has 0 spiro atoms. The third-order valence-electron chi connectivity index (χ3n) is 4.78. The number of hydrogen-bond acceptors (Lipinski definition) is 7. The van der Waals surface area contributed by atoms with E-state index in [-0.39, 0.29) is 34.9 Å². The van der Waals surface area contributed by atoms with E-state index in [0.29, 0.717) is 22.7 Å². The summed E-state index contributed by atoms with van der Waals surface area (Å²) in [5.41, 5.74) is 5.87. The number of aldehydes is 1. The molecule has 0 aliphatic rings.